The lowest BCUT2D eigenvalue weighted by atomic mass is 9.93. The highest BCUT2D eigenvalue weighted by atomic mass is 16.5. The largest absolute Gasteiger partial charge is 0.491 e. The van der Waals surface area contributed by atoms with Gasteiger partial charge >= 0.3 is 0 Å². The van der Waals surface area contributed by atoms with E-state index in [2.05, 4.69) is 4.98 Å². The molecule has 1 aromatic carbocycles. The van der Waals surface area contributed by atoms with Crippen molar-refractivity contribution in [1.29, 1.82) is 0 Å². The number of carbonyl (C=O) groups is 1. The first-order valence-electron chi connectivity index (χ1n) is 10.8. The van der Waals surface area contributed by atoms with Gasteiger partial charge in [0.05, 0.1) is 6.10 Å². The van der Waals surface area contributed by atoms with Gasteiger partial charge in [0.2, 0.25) is 0 Å². The Hall–Kier alpha value is -2.40. The molecule has 1 aliphatic heterocycles. The summed E-state index contributed by atoms with van der Waals surface area (Å²) >= 11 is 0. The van der Waals surface area contributed by atoms with Crippen LogP contribution in [0, 0.1) is 6.92 Å². The Balaban J connectivity index is 1.49. The summed E-state index contributed by atoms with van der Waals surface area (Å²) in [6.45, 7) is 3.40. The number of aryl methyl sites for hydroxylation is 1. The highest BCUT2D eigenvalue weighted by Gasteiger charge is 2.28. The molecule has 5 nitrogen and oxygen atoms in total. The number of ether oxygens (including phenoxy) is 2. The standard InChI is InChI=1S/C24H30N2O3/c1-18-9-14-23(25-16-18)26(20-6-3-2-4-7-20)24(27)19-10-12-21(13-11-19)29-17-22-8-5-15-28-22/h9-14,16,20,22H,2-8,15,17H2,1H3. The minimum absolute atomic E-state index is 0.0129. The maximum absolute atomic E-state index is 13.4. The summed E-state index contributed by atoms with van der Waals surface area (Å²) in [5.41, 5.74) is 1.76. The van der Waals surface area contributed by atoms with E-state index in [0.29, 0.717) is 12.2 Å². The molecule has 0 N–H and O–H groups in total. The van der Waals surface area contributed by atoms with Crippen molar-refractivity contribution in [2.45, 2.75) is 64.0 Å². The fourth-order valence-electron chi connectivity index (χ4n) is 4.20. The summed E-state index contributed by atoms with van der Waals surface area (Å²) in [5.74, 6) is 1.53. The van der Waals surface area contributed by atoms with Gasteiger partial charge in [-0.05, 0) is 68.5 Å². The predicted octanol–water partition coefficient (Wildman–Crippen LogP) is 4.93. The van der Waals surface area contributed by atoms with E-state index in [1.165, 1.54) is 6.42 Å². The van der Waals surface area contributed by atoms with E-state index in [9.17, 15) is 4.79 Å². The van der Waals surface area contributed by atoms with Crippen LogP contribution in [0.1, 0.15) is 60.9 Å². The summed E-state index contributed by atoms with van der Waals surface area (Å²) in [7, 11) is 0. The number of hydrogen-bond donors (Lipinski definition) is 0. The summed E-state index contributed by atoms with van der Waals surface area (Å²) in [6.07, 6.45) is 9.81. The molecule has 2 heterocycles. The predicted molar refractivity (Wildman–Crippen MR) is 114 cm³/mol. The first kappa shape index (κ1) is 19.9. The molecule has 1 atom stereocenters. The van der Waals surface area contributed by atoms with Crippen molar-refractivity contribution in [3.05, 3.63) is 53.7 Å². The zero-order valence-electron chi connectivity index (χ0n) is 17.2. The Labute approximate surface area is 173 Å². The molecule has 0 bridgehead atoms. The van der Waals surface area contributed by atoms with Crippen molar-refractivity contribution in [2.75, 3.05) is 18.1 Å². The Morgan fingerprint density at radius 2 is 1.86 bits per heavy atom. The summed E-state index contributed by atoms with van der Waals surface area (Å²) in [5, 5.41) is 0. The van der Waals surface area contributed by atoms with Crippen molar-refractivity contribution in [3.63, 3.8) is 0 Å². The number of anilines is 1. The minimum Gasteiger partial charge on any atom is -0.491 e. The molecule has 0 spiro atoms. The number of rotatable bonds is 6. The lowest BCUT2D eigenvalue weighted by Crippen LogP contribution is -2.42. The third kappa shape index (κ3) is 4.96. The molecule has 5 heteroatoms. The first-order chi connectivity index (χ1) is 14.2. The van der Waals surface area contributed by atoms with Gasteiger partial charge in [-0.2, -0.15) is 0 Å². The van der Waals surface area contributed by atoms with Crippen LogP contribution in [0.5, 0.6) is 5.75 Å². The van der Waals surface area contributed by atoms with Crippen LogP contribution in [0.3, 0.4) is 0 Å². The van der Waals surface area contributed by atoms with Crippen LogP contribution in [-0.4, -0.2) is 36.3 Å². The number of benzene rings is 1. The molecule has 0 radical (unpaired) electrons. The Morgan fingerprint density at radius 3 is 2.52 bits per heavy atom. The Morgan fingerprint density at radius 1 is 1.07 bits per heavy atom. The smallest absolute Gasteiger partial charge is 0.259 e. The van der Waals surface area contributed by atoms with E-state index < -0.39 is 0 Å². The van der Waals surface area contributed by atoms with Crippen molar-refractivity contribution in [3.8, 4) is 5.75 Å². The highest BCUT2D eigenvalue weighted by molar-refractivity contribution is 6.06. The lowest BCUT2D eigenvalue weighted by molar-refractivity contribution is 0.0679. The fraction of sp³-hybridized carbons (Fsp3) is 0.500. The van der Waals surface area contributed by atoms with E-state index in [-0.39, 0.29) is 18.1 Å². The van der Waals surface area contributed by atoms with Crippen LogP contribution < -0.4 is 9.64 Å². The molecular formula is C24H30N2O3. The molecule has 1 unspecified atom stereocenters. The van der Waals surface area contributed by atoms with E-state index in [4.69, 9.17) is 9.47 Å². The van der Waals surface area contributed by atoms with Crippen molar-refractivity contribution in [1.82, 2.24) is 4.98 Å². The van der Waals surface area contributed by atoms with Crippen molar-refractivity contribution in [2.24, 2.45) is 0 Å². The van der Waals surface area contributed by atoms with E-state index in [0.717, 1.165) is 62.3 Å². The zero-order chi connectivity index (χ0) is 20.1. The Kier molecular flexibility index (Phi) is 6.45. The summed E-state index contributed by atoms with van der Waals surface area (Å²) in [6, 6.07) is 11.7. The third-order valence-electron chi connectivity index (χ3n) is 5.86. The highest BCUT2D eigenvalue weighted by Crippen LogP contribution is 2.28. The maximum atomic E-state index is 13.4. The van der Waals surface area contributed by atoms with Gasteiger partial charge in [-0.1, -0.05) is 25.3 Å². The number of hydrogen-bond acceptors (Lipinski definition) is 4. The van der Waals surface area contributed by atoms with Crippen LogP contribution in [0.15, 0.2) is 42.6 Å². The zero-order valence-corrected chi connectivity index (χ0v) is 17.2. The van der Waals surface area contributed by atoms with Gasteiger partial charge in [-0.25, -0.2) is 4.98 Å². The van der Waals surface area contributed by atoms with Gasteiger partial charge in [0, 0.05) is 24.4 Å². The molecule has 1 saturated heterocycles. The number of aromatic nitrogens is 1. The molecule has 154 valence electrons. The van der Waals surface area contributed by atoms with Crippen LogP contribution >= 0.6 is 0 Å². The van der Waals surface area contributed by atoms with Crippen LogP contribution in [-0.2, 0) is 4.74 Å². The average molecular weight is 395 g/mol. The second kappa shape index (κ2) is 9.40. The summed E-state index contributed by atoms with van der Waals surface area (Å²) < 4.78 is 11.4. The molecule has 4 rings (SSSR count). The van der Waals surface area contributed by atoms with E-state index in [1.54, 1.807) is 0 Å². The fourth-order valence-corrected chi connectivity index (χ4v) is 4.20. The van der Waals surface area contributed by atoms with Gasteiger partial charge in [0.1, 0.15) is 18.2 Å². The maximum Gasteiger partial charge on any atom is 0.259 e. The van der Waals surface area contributed by atoms with Gasteiger partial charge in [0.15, 0.2) is 0 Å². The van der Waals surface area contributed by atoms with E-state index in [1.807, 2.05) is 54.4 Å². The van der Waals surface area contributed by atoms with Crippen LogP contribution in [0.25, 0.3) is 0 Å². The second-order valence-corrected chi connectivity index (χ2v) is 8.13. The molecule has 1 saturated carbocycles. The Bertz CT molecular complexity index is 792. The van der Waals surface area contributed by atoms with Gasteiger partial charge in [-0.3, -0.25) is 9.69 Å². The van der Waals surface area contributed by atoms with E-state index >= 15 is 0 Å². The number of amides is 1. The molecule has 2 fully saturated rings. The van der Waals surface area contributed by atoms with Crippen LogP contribution in [0.2, 0.25) is 0 Å². The molecule has 2 aliphatic rings. The molecular weight excluding hydrogens is 364 g/mol. The molecule has 1 aromatic heterocycles. The van der Waals surface area contributed by atoms with Gasteiger partial charge in [0.25, 0.3) is 5.91 Å². The van der Waals surface area contributed by atoms with Crippen molar-refractivity contribution >= 4 is 11.7 Å². The third-order valence-corrected chi connectivity index (χ3v) is 5.86. The average Bonchev–Trinajstić information content (AvgIpc) is 3.29. The number of pyridine rings is 1. The summed E-state index contributed by atoms with van der Waals surface area (Å²) in [4.78, 5) is 19.9. The number of nitrogens with zero attached hydrogens (tertiary/aromatic N) is 2. The molecule has 2 aromatic rings. The second-order valence-electron chi connectivity index (χ2n) is 8.13. The number of carbonyl (C=O) groups excluding carboxylic acids is 1. The van der Waals surface area contributed by atoms with Crippen LogP contribution in [0.4, 0.5) is 5.82 Å². The van der Waals surface area contributed by atoms with Gasteiger partial charge < -0.3 is 9.47 Å². The van der Waals surface area contributed by atoms with Gasteiger partial charge in [-0.15, -0.1) is 0 Å². The topological polar surface area (TPSA) is 51.7 Å². The molecule has 1 aliphatic carbocycles. The monoisotopic (exact) mass is 394 g/mol. The normalized spacial score (nSPS) is 19.8. The van der Waals surface area contributed by atoms with Crippen molar-refractivity contribution < 1.29 is 14.3 Å². The SMILES string of the molecule is Cc1ccc(N(C(=O)c2ccc(OCC3CCCO3)cc2)C2CCCCC2)nc1. The minimum atomic E-state index is 0.0129. The first-order valence-corrected chi connectivity index (χ1v) is 10.8. The molecule has 1 amide bonds. The molecule has 29 heavy (non-hydrogen) atoms. The quantitative estimate of drug-likeness (QED) is 0.697. The lowest BCUT2D eigenvalue weighted by Gasteiger charge is -2.33.